The van der Waals surface area contributed by atoms with Gasteiger partial charge in [0, 0.05) is 6.04 Å². The first kappa shape index (κ1) is 22.8. The second-order valence-electron chi connectivity index (χ2n) is 6.91. The predicted molar refractivity (Wildman–Crippen MR) is 92.8 cm³/mol. The van der Waals surface area contributed by atoms with Crippen molar-refractivity contribution in [2.75, 3.05) is 11.9 Å². The quantitative estimate of drug-likeness (QED) is 0.230. The number of hydrogen-bond acceptors (Lipinski definition) is 11. The number of nitrogens with zero attached hydrogens (tertiary/aromatic N) is 4. The fraction of sp³-hybridized carbons (Fsp3) is 0.667. The molecule has 0 bridgehead atoms. The second kappa shape index (κ2) is 9.08. The molecule has 12 nitrogen and oxygen atoms in total. The Balaban J connectivity index is 0.00000240. The number of fused-ring (bicyclic) bond motifs is 1. The number of hydrogen-bond donors (Lipinski definition) is 3. The summed E-state index contributed by atoms with van der Waals surface area (Å²) in [7, 11) is -4.95. The van der Waals surface area contributed by atoms with Crippen molar-refractivity contribution < 1.29 is 61.7 Å². The van der Waals surface area contributed by atoms with E-state index in [0.29, 0.717) is 23.0 Å². The molecule has 3 N–H and O–H groups in total. The van der Waals surface area contributed by atoms with Crippen LogP contribution in [0.25, 0.3) is 11.2 Å². The molecule has 154 valence electrons. The molecule has 3 heterocycles. The Kier molecular flexibility index (Phi) is 7.13. The van der Waals surface area contributed by atoms with Crippen LogP contribution in [-0.2, 0) is 19.3 Å². The molecule has 0 radical (unpaired) electrons. The molecule has 2 aliphatic rings. The molecule has 29 heavy (non-hydrogen) atoms. The number of imidazole rings is 1. The smallest absolute Gasteiger partial charge is 0.726 e. The number of aliphatic hydroxyl groups is 2. The van der Waals surface area contributed by atoms with Crippen molar-refractivity contribution in [3.63, 3.8) is 0 Å². The molecule has 0 amide bonds. The standard InChI is InChI=1S/C15H21N5O7S.Na/c21-11-9(5-26-28(23,24)25)27-15(12(11)22)20-7-18-10-13(16-6-17-14(10)20)19-8-3-1-2-4-8;/h6-9,11-12,15,21-22H,1-5H2,(H,16,17,19)(H,23,24,25);/q;+1/p-1/t9-,11+,12-,15-;/m1./s1. The molecule has 2 aromatic heterocycles. The summed E-state index contributed by atoms with van der Waals surface area (Å²) in [5, 5.41) is 23.8. The van der Waals surface area contributed by atoms with Crippen molar-refractivity contribution in [3.8, 4) is 0 Å². The molecular formula is C15H20N5NaO7S. The van der Waals surface area contributed by atoms with E-state index in [1.807, 2.05) is 0 Å². The number of aliphatic hydroxyl groups excluding tert-OH is 2. The first-order valence-corrected chi connectivity index (χ1v) is 10.2. The SMILES string of the molecule is O=S(=O)([O-])OC[C@H]1O[C@@H](n2cnc3c(NC4CCCC4)ncnc32)[C@H](O)[C@H]1O.[Na+]. The Labute approximate surface area is 188 Å². The maximum atomic E-state index is 10.6. The van der Waals surface area contributed by atoms with E-state index in [1.165, 1.54) is 17.2 Å². The molecule has 4 rings (SSSR count). The van der Waals surface area contributed by atoms with E-state index in [0.717, 1.165) is 25.7 Å². The summed E-state index contributed by atoms with van der Waals surface area (Å²) in [6.45, 7) is -0.712. The average molecular weight is 437 g/mol. The predicted octanol–water partition coefficient (Wildman–Crippen LogP) is -3.72. The van der Waals surface area contributed by atoms with Crippen LogP contribution in [0, 0.1) is 0 Å². The number of aromatic nitrogens is 4. The van der Waals surface area contributed by atoms with Crippen molar-refractivity contribution in [1.29, 1.82) is 0 Å². The summed E-state index contributed by atoms with van der Waals surface area (Å²) in [4.78, 5) is 12.7. The molecule has 4 atom stereocenters. The first-order chi connectivity index (χ1) is 13.3. The molecule has 0 spiro atoms. The van der Waals surface area contributed by atoms with Gasteiger partial charge in [0.05, 0.1) is 12.9 Å². The Hall–Kier alpha value is -0.900. The number of anilines is 1. The third-order valence-electron chi connectivity index (χ3n) is 5.04. The van der Waals surface area contributed by atoms with Gasteiger partial charge < -0.3 is 24.8 Å². The molecule has 1 saturated heterocycles. The van der Waals surface area contributed by atoms with E-state index in [-0.39, 0.29) is 29.6 Å². The minimum Gasteiger partial charge on any atom is -0.726 e. The van der Waals surface area contributed by atoms with Crippen molar-refractivity contribution in [2.45, 2.75) is 56.3 Å². The van der Waals surface area contributed by atoms with Crippen LogP contribution in [0.15, 0.2) is 12.7 Å². The Morgan fingerprint density at radius 2 is 1.97 bits per heavy atom. The van der Waals surface area contributed by atoms with Gasteiger partial charge in [0.15, 0.2) is 23.2 Å². The third kappa shape index (κ3) is 4.89. The number of ether oxygens (including phenoxy) is 1. The topological polar surface area (TPSA) is 172 Å². The van der Waals surface area contributed by atoms with E-state index in [9.17, 15) is 23.2 Å². The van der Waals surface area contributed by atoms with E-state index in [4.69, 9.17) is 4.74 Å². The van der Waals surface area contributed by atoms with Gasteiger partial charge in [0.2, 0.25) is 10.4 Å². The van der Waals surface area contributed by atoms with Gasteiger partial charge in [-0.1, -0.05) is 12.8 Å². The monoisotopic (exact) mass is 437 g/mol. The maximum absolute atomic E-state index is 10.6. The van der Waals surface area contributed by atoms with Crippen LogP contribution in [0.3, 0.4) is 0 Å². The van der Waals surface area contributed by atoms with E-state index in [2.05, 4.69) is 24.5 Å². The van der Waals surface area contributed by atoms with E-state index in [1.54, 1.807) is 0 Å². The molecule has 2 aromatic rings. The summed E-state index contributed by atoms with van der Waals surface area (Å²) in [5.41, 5.74) is 0.867. The van der Waals surface area contributed by atoms with Gasteiger partial charge >= 0.3 is 29.6 Å². The Morgan fingerprint density at radius 3 is 2.66 bits per heavy atom. The summed E-state index contributed by atoms with van der Waals surface area (Å²) < 4.78 is 43.0. The van der Waals surface area contributed by atoms with Gasteiger partial charge in [-0.05, 0) is 12.8 Å². The van der Waals surface area contributed by atoms with Gasteiger partial charge in [0.1, 0.15) is 24.6 Å². The number of rotatable bonds is 6. The van der Waals surface area contributed by atoms with Crippen LogP contribution in [0.1, 0.15) is 31.9 Å². The van der Waals surface area contributed by atoms with Crippen LogP contribution in [0.2, 0.25) is 0 Å². The second-order valence-corrected chi connectivity index (χ2v) is 7.96. The molecule has 1 aliphatic heterocycles. The molecule has 1 saturated carbocycles. The van der Waals surface area contributed by atoms with E-state index >= 15 is 0 Å². The Morgan fingerprint density at radius 1 is 1.24 bits per heavy atom. The summed E-state index contributed by atoms with van der Waals surface area (Å²) >= 11 is 0. The van der Waals surface area contributed by atoms with Gasteiger partial charge in [-0.3, -0.25) is 8.75 Å². The van der Waals surface area contributed by atoms with Gasteiger partial charge in [-0.2, -0.15) is 0 Å². The molecule has 14 heteroatoms. The molecule has 0 aromatic carbocycles. The first-order valence-electron chi connectivity index (χ1n) is 8.89. The van der Waals surface area contributed by atoms with E-state index < -0.39 is 41.5 Å². The van der Waals surface area contributed by atoms with Crippen LogP contribution >= 0.6 is 0 Å². The molecule has 1 aliphatic carbocycles. The van der Waals surface area contributed by atoms with Crippen LogP contribution in [0.5, 0.6) is 0 Å². The fourth-order valence-corrected chi connectivity index (χ4v) is 3.96. The summed E-state index contributed by atoms with van der Waals surface area (Å²) in [6, 6.07) is 0.314. The zero-order valence-electron chi connectivity index (χ0n) is 15.7. The zero-order chi connectivity index (χ0) is 19.9. The van der Waals surface area contributed by atoms with Crippen LogP contribution < -0.4 is 34.9 Å². The largest absolute Gasteiger partial charge is 1.00 e. The van der Waals surface area contributed by atoms with Gasteiger partial charge in [-0.25, -0.2) is 23.4 Å². The van der Waals surface area contributed by atoms with Crippen molar-refractivity contribution >= 4 is 27.4 Å². The zero-order valence-corrected chi connectivity index (χ0v) is 18.5. The minimum absolute atomic E-state index is 0. The summed E-state index contributed by atoms with van der Waals surface area (Å²) in [6.07, 6.45) is 2.01. The Bertz CT molecular complexity index is 952. The minimum atomic E-state index is -4.95. The van der Waals surface area contributed by atoms with Crippen molar-refractivity contribution in [3.05, 3.63) is 12.7 Å². The number of nitrogens with one attached hydrogen (secondary N) is 1. The van der Waals surface area contributed by atoms with Crippen LogP contribution in [0.4, 0.5) is 5.82 Å². The third-order valence-corrected chi connectivity index (χ3v) is 5.47. The molecule has 0 unspecified atom stereocenters. The van der Waals surface area contributed by atoms with Gasteiger partial charge in [-0.15, -0.1) is 0 Å². The fourth-order valence-electron chi connectivity index (χ4n) is 3.65. The molecule has 2 fully saturated rings. The maximum Gasteiger partial charge on any atom is 1.00 e. The average Bonchev–Trinajstić information content (AvgIpc) is 3.35. The summed E-state index contributed by atoms with van der Waals surface area (Å²) in [5.74, 6) is 0.570. The van der Waals surface area contributed by atoms with Gasteiger partial charge in [0.25, 0.3) is 0 Å². The van der Waals surface area contributed by atoms with Crippen LogP contribution in [-0.4, -0.2) is 73.7 Å². The van der Waals surface area contributed by atoms with Crippen molar-refractivity contribution in [1.82, 2.24) is 19.5 Å². The molecular weight excluding hydrogens is 417 g/mol. The van der Waals surface area contributed by atoms with Crippen molar-refractivity contribution in [2.24, 2.45) is 0 Å². The normalized spacial score (nSPS) is 28.0.